The fraction of sp³-hybridized carbons (Fsp3) is 0.100. The lowest BCUT2D eigenvalue weighted by molar-refractivity contribution is -0.137. The first-order chi connectivity index (χ1) is 8.79. The quantitative estimate of drug-likeness (QED) is 0.910. The molecule has 0 bridgehead atoms. The Labute approximate surface area is 106 Å². The maximum absolute atomic E-state index is 12.5. The van der Waals surface area contributed by atoms with E-state index in [9.17, 15) is 21.6 Å². The molecule has 0 atom stereocenters. The molecule has 5 nitrogen and oxygen atoms in total. The molecule has 0 unspecified atom stereocenters. The molecule has 0 aliphatic heterocycles. The molecule has 0 amide bonds. The van der Waals surface area contributed by atoms with Gasteiger partial charge >= 0.3 is 6.18 Å². The Hall–Kier alpha value is -2.03. The number of anilines is 1. The van der Waals surface area contributed by atoms with Crippen LogP contribution in [0.5, 0.6) is 0 Å². The minimum Gasteiger partial charge on any atom is -0.284 e. The van der Waals surface area contributed by atoms with Crippen LogP contribution < -0.4 is 4.72 Å². The number of aromatic amines is 1. The Morgan fingerprint density at radius 3 is 2.58 bits per heavy atom. The van der Waals surface area contributed by atoms with E-state index in [4.69, 9.17) is 0 Å². The standard InChI is InChI=1S/C10H8F3N3O2S/c11-10(12,13)7-2-1-3-9(4-7)19(17,18)16-8-5-14-15-6-8/h1-6,16H,(H,14,15). The molecule has 0 spiro atoms. The zero-order chi connectivity index (χ0) is 14.1. The van der Waals surface area contributed by atoms with Gasteiger partial charge in [0, 0.05) is 6.20 Å². The second-order valence-electron chi connectivity index (χ2n) is 3.62. The number of rotatable bonds is 3. The number of hydrogen-bond donors (Lipinski definition) is 2. The Bertz CT molecular complexity index is 666. The SMILES string of the molecule is O=S(=O)(Nc1cn[nH]c1)c1cccc(C(F)(F)F)c1. The van der Waals surface area contributed by atoms with Crippen molar-refractivity contribution in [2.45, 2.75) is 11.1 Å². The number of nitrogens with zero attached hydrogens (tertiary/aromatic N) is 1. The molecule has 0 fully saturated rings. The summed E-state index contributed by atoms with van der Waals surface area (Å²) >= 11 is 0. The van der Waals surface area contributed by atoms with Gasteiger partial charge in [0.05, 0.1) is 22.3 Å². The predicted octanol–water partition coefficient (Wildman–Crippen LogP) is 2.23. The van der Waals surface area contributed by atoms with Crippen molar-refractivity contribution in [2.24, 2.45) is 0 Å². The van der Waals surface area contributed by atoms with Crippen molar-refractivity contribution in [3.63, 3.8) is 0 Å². The number of hydrogen-bond acceptors (Lipinski definition) is 3. The van der Waals surface area contributed by atoms with Crippen molar-refractivity contribution in [3.05, 3.63) is 42.2 Å². The van der Waals surface area contributed by atoms with Crippen LogP contribution in [0.4, 0.5) is 18.9 Å². The van der Waals surface area contributed by atoms with Crippen LogP contribution in [-0.2, 0) is 16.2 Å². The van der Waals surface area contributed by atoms with Crippen LogP contribution in [0, 0.1) is 0 Å². The molecule has 102 valence electrons. The van der Waals surface area contributed by atoms with E-state index in [1.165, 1.54) is 12.4 Å². The van der Waals surface area contributed by atoms with Gasteiger partial charge in [0.15, 0.2) is 0 Å². The molecule has 0 saturated heterocycles. The van der Waals surface area contributed by atoms with E-state index in [2.05, 4.69) is 14.9 Å². The Morgan fingerprint density at radius 1 is 1.26 bits per heavy atom. The van der Waals surface area contributed by atoms with Crippen molar-refractivity contribution in [3.8, 4) is 0 Å². The summed E-state index contributed by atoms with van der Waals surface area (Å²) < 4.78 is 63.3. The summed E-state index contributed by atoms with van der Waals surface area (Å²) in [4.78, 5) is -0.469. The van der Waals surface area contributed by atoms with Crippen LogP contribution in [0.25, 0.3) is 0 Å². The van der Waals surface area contributed by atoms with Crippen molar-refractivity contribution in [1.29, 1.82) is 0 Å². The van der Waals surface area contributed by atoms with Gasteiger partial charge < -0.3 is 0 Å². The highest BCUT2D eigenvalue weighted by molar-refractivity contribution is 7.92. The fourth-order valence-electron chi connectivity index (χ4n) is 1.36. The van der Waals surface area contributed by atoms with Crippen molar-refractivity contribution in [1.82, 2.24) is 10.2 Å². The van der Waals surface area contributed by atoms with Crippen molar-refractivity contribution in [2.75, 3.05) is 4.72 Å². The first-order valence-corrected chi connectivity index (χ1v) is 6.46. The van der Waals surface area contributed by atoms with Gasteiger partial charge in [0.1, 0.15) is 0 Å². The van der Waals surface area contributed by atoms with Gasteiger partial charge in [-0.1, -0.05) is 6.07 Å². The second kappa shape index (κ2) is 4.57. The summed E-state index contributed by atoms with van der Waals surface area (Å²) in [7, 11) is -4.08. The number of sulfonamides is 1. The maximum Gasteiger partial charge on any atom is 0.416 e. The van der Waals surface area contributed by atoms with Crippen LogP contribution in [-0.4, -0.2) is 18.6 Å². The highest BCUT2D eigenvalue weighted by Gasteiger charge is 2.31. The third kappa shape index (κ3) is 3.05. The van der Waals surface area contributed by atoms with E-state index in [1.54, 1.807) is 0 Å². The fourth-order valence-corrected chi connectivity index (χ4v) is 2.44. The largest absolute Gasteiger partial charge is 0.416 e. The summed E-state index contributed by atoms with van der Waals surface area (Å²) in [5.74, 6) is 0. The molecule has 19 heavy (non-hydrogen) atoms. The second-order valence-corrected chi connectivity index (χ2v) is 5.30. The number of halogens is 3. The molecule has 9 heteroatoms. The van der Waals surface area contributed by atoms with E-state index >= 15 is 0 Å². The van der Waals surface area contributed by atoms with E-state index in [0.717, 1.165) is 18.2 Å². The van der Waals surface area contributed by atoms with Crippen LogP contribution in [0.15, 0.2) is 41.6 Å². The Morgan fingerprint density at radius 2 is 2.00 bits per heavy atom. The molecule has 2 N–H and O–H groups in total. The summed E-state index contributed by atoms with van der Waals surface area (Å²) in [6.07, 6.45) is -2.13. The van der Waals surface area contributed by atoms with E-state index in [-0.39, 0.29) is 5.69 Å². The highest BCUT2D eigenvalue weighted by atomic mass is 32.2. The molecule has 1 aromatic carbocycles. The molecule has 0 aliphatic rings. The van der Waals surface area contributed by atoms with E-state index in [0.29, 0.717) is 6.07 Å². The number of alkyl halides is 3. The molecule has 1 aromatic heterocycles. The van der Waals surface area contributed by atoms with Crippen molar-refractivity contribution < 1.29 is 21.6 Å². The third-order valence-corrected chi connectivity index (χ3v) is 3.60. The summed E-state index contributed by atoms with van der Waals surface area (Å²) in [6, 6.07) is 3.49. The minimum absolute atomic E-state index is 0.136. The smallest absolute Gasteiger partial charge is 0.284 e. The van der Waals surface area contributed by atoms with E-state index < -0.39 is 26.7 Å². The normalized spacial score (nSPS) is 12.4. The molecule has 2 rings (SSSR count). The average Bonchev–Trinajstić information content (AvgIpc) is 2.80. The predicted molar refractivity (Wildman–Crippen MR) is 60.8 cm³/mol. The Balaban J connectivity index is 2.36. The zero-order valence-corrected chi connectivity index (χ0v) is 10.1. The van der Waals surface area contributed by atoms with Gasteiger partial charge in [-0.25, -0.2) is 8.42 Å². The number of H-pyrrole nitrogens is 1. The number of benzene rings is 1. The van der Waals surface area contributed by atoms with E-state index in [1.807, 2.05) is 0 Å². The molecule has 0 radical (unpaired) electrons. The van der Waals surface area contributed by atoms with Gasteiger partial charge in [-0.05, 0) is 18.2 Å². The first kappa shape index (κ1) is 13.4. The lowest BCUT2D eigenvalue weighted by Gasteiger charge is -2.09. The Kier molecular flexibility index (Phi) is 3.23. The summed E-state index contributed by atoms with van der Waals surface area (Å²) in [5.41, 5.74) is -0.889. The number of aromatic nitrogens is 2. The lowest BCUT2D eigenvalue weighted by Crippen LogP contribution is -2.14. The van der Waals surface area contributed by atoms with Gasteiger partial charge in [-0.2, -0.15) is 18.3 Å². The van der Waals surface area contributed by atoms with Gasteiger partial charge in [0.25, 0.3) is 10.0 Å². The molecule has 0 aliphatic carbocycles. The third-order valence-electron chi connectivity index (χ3n) is 2.22. The molecular formula is C10H8F3N3O2S. The van der Waals surface area contributed by atoms with Gasteiger partial charge in [-0.3, -0.25) is 9.82 Å². The summed E-state index contributed by atoms with van der Waals surface area (Å²) in [6.45, 7) is 0. The van der Waals surface area contributed by atoms with Crippen molar-refractivity contribution >= 4 is 15.7 Å². The van der Waals surface area contributed by atoms with Crippen LogP contribution in [0.2, 0.25) is 0 Å². The molecule has 1 heterocycles. The lowest BCUT2D eigenvalue weighted by atomic mass is 10.2. The highest BCUT2D eigenvalue weighted by Crippen LogP contribution is 2.30. The molecule has 2 aromatic rings. The summed E-state index contributed by atoms with van der Waals surface area (Å²) in [5, 5.41) is 5.91. The first-order valence-electron chi connectivity index (χ1n) is 4.98. The van der Waals surface area contributed by atoms with Gasteiger partial charge in [0.2, 0.25) is 0 Å². The van der Waals surface area contributed by atoms with Crippen LogP contribution >= 0.6 is 0 Å². The monoisotopic (exact) mass is 291 g/mol. The number of nitrogens with one attached hydrogen (secondary N) is 2. The molecule has 0 saturated carbocycles. The molecular weight excluding hydrogens is 283 g/mol. The maximum atomic E-state index is 12.5. The minimum atomic E-state index is -4.60. The van der Waals surface area contributed by atoms with Gasteiger partial charge in [-0.15, -0.1) is 0 Å². The topological polar surface area (TPSA) is 74.8 Å². The van der Waals surface area contributed by atoms with Crippen LogP contribution in [0.1, 0.15) is 5.56 Å². The van der Waals surface area contributed by atoms with Crippen LogP contribution in [0.3, 0.4) is 0 Å². The average molecular weight is 291 g/mol. The zero-order valence-electron chi connectivity index (χ0n) is 9.27.